The lowest BCUT2D eigenvalue weighted by Crippen LogP contribution is -2.60. The molecule has 0 amide bonds. The third-order valence-electron chi connectivity index (χ3n) is 7.32. The molecule has 0 unspecified atom stereocenters. The maximum atomic E-state index is 6.76. The molecule has 0 saturated carbocycles. The van der Waals surface area contributed by atoms with E-state index in [1.54, 1.807) is 6.08 Å². The second kappa shape index (κ2) is 16.7. The Morgan fingerprint density at radius 3 is 1.65 bits per heavy atom. The van der Waals surface area contributed by atoms with Crippen LogP contribution in [0.3, 0.4) is 0 Å². The summed E-state index contributed by atoms with van der Waals surface area (Å²) in [5.41, 5.74) is 4.33. The maximum Gasteiger partial charge on any atom is 0.116 e. The molecule has 0 radical (unpaired) electrons. The lowest BCUT2D eigenvalue weighted by atomic mass is 9.93. The van der Waals surface area contributed by atoms with Gasteiger partial charge in [-0.05, 0) is 22.3 Å². The van der Waals surface area contributed by atoms with Gasteiger partial charge < -0.3 is 23.7 Å². The van der Waals surface area contributed by atoms with Crippen LogP contribution in [0.25, 0.3) is 6.08 Å². The Bertz CT molecular complexity index is 1360. The third-order valence-corrected chi connectivity index (χ3v) is 7.32. The van der Waals surface area contributed by atoms with Crippen LogP contribution in [0.1, 0.15) is 22.3 Å². The van der Waals surface area contributed by atoms with Crippen LogP contribution in [-0.2, 0) is 43.5 Å². The Labute approximate surface area is 255 Å². The Balaban J connectivity index is 1.44. The van der Waals surface area contributed by atoms with E-state index in [0.29, 0.717) is 33.0 Å². The summed E-state index contributed by atoms with van der Waals surface area (Å²) < 4.78 is 32.8. The highest BCUT2D eigenvalue weighted by atomic mass is 16.6. The van der Waals surface area contributed by atoms with Crippen LogP contribution in [0.15, 0.2) is 140 Å². The monoisotopic (exact) mass is 576 g/mol. The molecule has 5 rings (SSSR count). The summed E-state index contributed by atoms with van der Waals surface area (Å²) in [7, 11) is 0. The molecule has 4 aromatic carbocycles. The van der Waals surface area contributed by atoms with E-state index in [1.165, 1.54) is 0 Å². The van der Waals surface area contributed by atoms with Crippen molar-refractivity contribution in [1.29, 1.82) is 0 Å². The van der Waals surface area contributed by atoms with Gasteiger partial charge in [-0.15, -0.1) is 6.58 Å². The number of hydrogen-bond acceptors (Lipinski definition) is 5. The second-order valence-electron chi connectivity index (χ2n) is 10.5. The van der Waals surface area contributed by atoms with Gasteiger partial charge in [0.15, 0.2) is 0 Å². The molecule has 1 aliphatic heterocycles. The van der Waals surface area contributed by atoms with Crippen LogP contribution in [-0.4, -0.2) is 43.7 Å². The number of ether oxygens (including phenoxy) is 5. The van der Waals surface area contributed by atoms with E-state index in [4.69, 9.17) is 23.7 Å². The molecular weight excluding hydrogens is 536 g/mol. The summed E-state index contributed by atoms with van der Waals surface area (Å²) in [4.78, 5) is 0. The molecule has 0 spiro atoms. The van der Waals surface area contributed by atoms with Gasteiger partial charge in [-0.3, -0.25) is 0 Å². The molecule has 5 atom stereocenters. The first-order valence-corrected chi connectivity index (χ1v) is 14.8. The first-order valence-electron chi connectivity index (χ1n) is 14.8. The summed E-state index contributed by atoms with van der Waals surface area (Å²) >= 11 is 0. The van der Waals surface area contributed by atoms with E-state index < -0.39 is 30.5 Å². The fourth-order valence-electron chi connectivity index (χ4n) is 5.16. The normalized spacial score (nSPS) is 22.0. The molecular formula is C38H40O5. The van der Waals surface area contributed by atoms with Crippen molar-refractivity contribution in [2.75, 3.05) is 13.2 Å². The number of hydrogen-bond donors (Lipinski definition) is 0. The summed E-state index contributed by atoms with van der Waals surface area (Å²) in [6, 6.07) is 40.6. The molecule has 1 heterocycles. The van der Waals surface area contributed by atoms with Crippen molar-refractivity contribution in [1.82, 2.24) is 0 Å². The van der Waals surface area contributed by atoms with E-state index >= 15 is 0 Å². The molecule has 0 aliphatic carbocycles. The quantitative estimate of drug-likeness (QED) is 0.138. The van der Waals surface area contributed by atoms with Crippen LogP contribution < -0.4 is 0 Å². The van der Waals surface area contributed by atoms with Crippen LogP contribution in [0.2, 0.25) is 0 Å². The van der Waals surface area contributed by atoms with Crippen LogP contribution >= 0.6 is 0 Å². The predicted octanol–water partition coefficient (Wildman–Crippen LogP) is 7.43. The van der Waals surface area contributed by atoms with Gasteiger partial charge in [0.25, 0.3) is 0 Å². The minimum Gasteiger partial charge on any atom is -0.374 e. The fourth-order valence-corrected chi connectivity index (χ4v) is 5.16. The highest BCUT2D eigenvalue weighted by Gasteiger charge is 2.47. The first kappa shape index (κ1) is 30.6. The van der Waals surface area contributed by atoms with Crippen molar-refractivity contribution in [3.8, 4) is 0 Å². The lowest BCUT2D eigenvalue weighted by Gasteiger charge is -2.45. The topological polar surface area (TPSA) is 46.2 Å². The molecule has 1 fully saturated rings. The standard InChI is InChI=1S/C38H40O5/c1-2-25-40-36-34(24-23-30-15-7-3-8-16-30)43-35(29-39-26-31-17-9-4-10-18-31)37(41-27-32-19-11-5-12-20-32)38(36)42-28-33-21-13-6-14-22-33/h2-24,34-38H,1,25-29H2/b24-23-/t34-,35+,36-,37+,38+/m0/s1. The van der Waals surface area contributed by atoms with Gasteiger partial charge in [0.05, 0.1) is 33.0 Å². The van der Waals surface area contributed by atoms with E-state index in [-0.39, 0.29) is 0 Å². The van der Waals surface area contributed by atoms with Crippen molar-refractivity contribution >= 4 is 6.08 Å². The van der Waals surface area contributed by atoms with Gasteiger partial charge in [0.2, 0.25) is 0 Å². The van der Waals surface area contributed by atoms with Gasteiger partial charge in [0.1, 0.15) is 30.5 Å². The maximum absolute atomic E-state index is 6.76. The van der Waals surface area contributed by atoms with Crippen molar-refractivity contribution in [3.05, 3.63) is 162 Å². The van der Waals surface area contributed by atoms with E-state index in [2.05, 4.69) is 67.3 Å². The minimum absolute atomic E-state index is 0.337. The molecule has 222 valence electrons. The van der Waals surface area contributed by atoms with Gasteiger partial charge >= 0.3 is 0 Å². The van der Waals surface area contributed by atoms with Crippen LogP contribution in [0.4, 0.5) is 0 Å². The average molecular weight is 577 g/mol. The SMILES string of the molecule is C=CCO[C@@H]1[C@@H](OCc2ccccc2)[C@H](OCc2ccccc2)[C@@H](COCc2ccccc2)O[C@H]1/C=C\c1ccccc1. The number of rotatable bonds is 15. The van der Waals surface area contributed by atoms with E-state index in [9.17, 15) is 0 Å². The van der Waals surface area contributed by atoms with Gasteiger partial charge in [-0.2, -0.15) is 0 Å². The first-order chi connectivity index (χ1) is 21.3. The van der Waals surface area contributed by atoms with Crippen molar-refractivity contribution in [2.45, 2.75) is 50.3 Å². The molecule has 5 nitrogen and oxygen atoms in total. The third kappa shape index (κ3) is 9.32. The summed E-state index contributed by atoms with van der Waals surface area (Å²) in [5, 5.41) is 0. The van der Waals surface area contributed by atoms with E-state index in [1.807, 2.05) is 72.8 Å². The fraction of sp³-hybridized carbons (Fsp3) is 0.263. The minimum atomic E-state index is -0.448. The predicted molar refractivity (Wildman–Crippen MR) is 170 cm³/mol. The van der Waals surface area contributed by atoms with Gasteiger partial charge in [-0.25, -0.2) is 0 Å². The molecule has 0 N–H and O–H groups in total. The van der Waals surface area contributed by atoms with E-state index in [0.717, 1.165) is 22.3 Å². The Kier molecular flexibility index (Phi) is 11.9. The lowest BCUT2D eigenvalue weighted by molar-refractivity contribution is -0.259. The Morgan fingerprint density at radius 1 is 0.581 bits per heavy atom. The summed E-state index contributed by atoms with van der Waals surface area (Å²) in [5.74, 6) is 0. The molecule has 1 saturated heterocycles. The highest BCUT2D eigenvalue weighted by molar-refractivity contribution is 5.49. The van der Waals surface area contributed by atoms with Gasteiger partial charge in [0, 0.05) is 0 Å². The van der Waals surface area contributed by atoms with Crippen molar-refractivity contribution in [2.24, 2.45) is 0 Å². The average Bonchev–Trinajstić information content (AvgIpc) is 3.07. The van der Waals surface area contributed by atoms with Crippen LogP contribution in [0.5, 0.6) is 0 Å². The Morgan fingerprint density at radius 2 is 1.09 bits per heavy atom. The highest BCUT2D eigenvalue weighted by Crippen LogP contribution is 2.31. The number of benzene rings is 4. The zero-order chi connectivity index (χ0) is 29.5. The molecule has 0 bridgehead atoms. The zero-order valence-corrected chi connectivity index (χ0v) is 24.4. The molecule has 1 aliphatic rings. The summed E-state index contributed by atoms with van der Waals surface area (Å²) in [6.45, 7) is 5.88. The zero-order valence-electron chi connectivity index (χ0n) is 24.4. The molecule has 4 aromatic rings. The van der Waals surface area contributed by atoms with Crippen LogP contribution in [0, 0.1) is 0 Å². The molecule has 0 aromatic heterocycles. The molecule has 43 heavy (non-hydrogen) atoms. The summed E-state index contributed by atoms with van der Waals surface area (Å²) in [6.07, 6.45) is 3.75. The Hall–Kier alpha value is -3.84. The molecule has 5 heteroatoms. The largest absolute Gasteiger partial charge is 0.374 e. The second-order valence-corrected chi connectivity index (χ2v) is 10.5. The smallest absolute Gasteiger partial charge is 0.116 e. The van der Waals surface area contributed by atoms with Crippen molar-refractivity contribution in [3.63, 3.8) is 0 Å². The van der Waals surface area contributed by atoms with Gasteiger partial charge in [-0.1, -0.05) is 140 Å². The van der Waals surface area contributed by atoms with Crippen molar-refractivity contribution < 1.29 is 23.7 Å².